The van der Waals surface area contributed by atoms with Crippen molar-refractivity contribution >= 4 is 27.5 Å². The van der Waals surface area contributed by atoms with Crippen molar-refractivity contribution in [1.82, 2.24) is 10.2 Å². The van der Waals surface area contributed by atoms with Crippen molar-refractivity contribution in [2.45, 2.75) is 71.0 Å². The van der Waals surface area contributed by atoms with Gasteiger partial charge in [0.15, 0.2) is 0 Å². The second-order valence-corrected chi connectivity index (χ2v) is 11.6. The summed E-state index contributed by atoms with van der Waals surface area (Å²) < 4.78 is 31.7. The number of anilines is 1. The van der Waals surface area contributed by atoms with Crippen molar-refractivity contribution < 1.29 is 22.7 Å². The van der Waals surface area contributed by atoms with Crippen LogP contribution in [0.2, 0.25) is 0 Å². The van der Waals surface area contributed by atoms with Gasteiger partial charge in [-0.2, -0.15) is 0 Å². The fourth-order valence-corrected chi connectivity index (χ4v) is 5.44. The molecule has 8 nitrogen and oxygen atoms in total. The predicted molar refractivity (Wildman–Crippen MR) is 146 cm³/mol. The third kappa shape index (κ3) is 7.95. The van der Waals surface area contributed by atoms with E-state index in [0.29, 0.717) is 11.4 Å². The smallest absolute Gasteiger partial charge is 0.244 e. The maximum atomic E-state index is 13.7. The molecule has 1 saturated carbocycles. The molecule has 1 N–H and O–H groups in total. The molecule has 1 fully saturated rings. The fourth-order valence-electron chi connectivity index (χ4n) is 4.59. The number of ether oxygens (including phenoxy) is 1. The third-order valence-corrected chi connectivity index (χ3v) is 8.08. The summed E-state index contributed by atoms with van der Waals surface area (Å²) in [5, 5.41) is 3.10. The summed E-state index contributed by atoms with van der Waals surface area (Å²) in [6, 6.07) is 13.7. The van der Waals surface area contributed by atoms with Crippen LogP contribution in [-0.4, -0.2) is 57.1 Å². The Kier molecular flexibility index (Phi) is 9.97. The zero-order valence-corrected chi connectivity index (χ0v) is 23.1. The minimum atomic E-state index is -3.75. The van der Waals surface area contributed by atoms with E-state index in [1.807, 2.05) is 31.2 Å². The number of methoxy groups -OCH3 is 1. The molecule has 3 rings (SSSR count). The van der Waals surface area contributed by atoms with Crippen molar-refractivity contribution in [2.24, 2.45) is 0 Å². The monoisotopic (exact) mass is 529 g/mol. The maximum Gasteiger partial charge on any atom is 0.244 e. The summed E-state index contributed by atoms with van der Waals surface area (Å²) in [5.74, 6) is 0.00238. The zero-order chi connectivity index (χ0) is 27.0. The molecule has 1 unspecified atom stereocenters. The van der Waals surface area contributed by atoms with Crippen LogP contribution in [0, 0.1) is 0 Å². The van der Waals surface area contributed by atoms with Crippen LogP contribution in [-0.2, 0) is 32.6 Å². The van der Waals surface area contributed by atoms with Gasteiger partial charge >= 0.3 is 0 Å². The highest BCUT2D eigenvalue weighted by molar-refractivity contribution is 7.92. The van der Waals surface area contributed by atoms with Gasteiger partial charge in [-0.15, -0.1) is 0 Å². The molecule has 0 saturated heterocycles. The number of benzene rings is 2. The largest absolute Gasteiger partial charge is 0.497 e. The van der Waals surface area contributed by atoms with Gasteiger partial charge in [-0.1, -0.05) is 50.5 Å². The maximum absolute atomic E-state index is 13.7. The van der Waals surface area contributed by atoms with Gasteiger partial charge in [-0.05, 0) is 61.6 Å². The van der Waals surface area contributed by atoms with Crippen LogP contribution in [0.4, 0.5) is 5.69 Å². The third-order valence-electron chi connectivity index (χ3n) is 6.94. The number of carbonyl (C=O) groups excluding carboxylic acids is 2. The molecule has 0 aromatic heterocycles. The highest BCUT2D eigenvalue weighted by Gasteiger charge is 2.31. The second-order valence-electron chi connectivity index (χ2n) is 9.68. The van der Waals surface area contributed by atoms with E-state index in [-0.39, 0.29) is 18.5 Å². The molecule has 0 radical (unpaired) electrons. The summed E-state index contributed by atoms with van der Waals surface area (Å²) in [7, 11) is -2.17. The molecule has 37 heavy (non-hydrogen) atoms. The predicted octanol–water partition coefficient (Wildman–Crippen LogP) is 3.89. The average Bonchev–Trinajstić information content (AvgIpc) is 2.90. The number of sulfonamides is 1. The van der Waals surface area contributed by atoms with Gasteiger partial charge in [-0.3, -0.25) is 13.9 Å². The lowest BCUT2D eigenvalue weighted by atomic mass is 9.95. The Hall–Kier alpha value is -3.07. The molecule has 0 heterocycles. The Morgan fingerprint density at radius 2 is 1.59 bits per heavy atom. The Morgan fingerprint density at radius 1 is 1.00 bits per heavy atom. The number of amides is 2. The van der Waals surface area contributed by atoms with Gasteiger partial charge in [0, 0.05) is 12.6 Å². The lowest BCUT2D eigenvalue weighted by Crippen LogP contribution is -2.52. The van der Waals surface area contributed by atoms with Crippen molar-refractivity contribution in [3.05, 3.63) is 59.7 Å². The number of carbonyl (C=O) groups is 2. The molecule has 1 aliphatic rings. The number of nitrogens with zero attached hydrogens (tertiary/aromatic N) is 2. The minimum Gasteiger partial charge on any atom is -0.497 e. The lowest BCUT2D eigenvalue weighted by molar-refractivity contribution is -0.139. The number of rotatable bonds is 11. The number of aryl methyl sites for hydroxylation is 1. The second kappa shape index (κ2) is 12.9. The summed E-state index contributed by atoms with van der Waals surface area (Å²) in [6.07, 6.45) is 7.09. The SMILES string of the molecule is CCc1ccc(N(CC(=O)N(Cc2ccc(OC)cc2)C(C)C(=O)NC2CCCCC2)S(C)(=O)=O)cc1. The Bertz CT molecular complexity index is 1140. The molecule has 2 amide bonds. The molecule has 2 aromatic carbocycles. The highest BCUT2D eigenvalue weighted by Crippen LogP contribution is 2.22. The van der Waals surface area contributed by atoms with Crippen LogP contribution in [0.3, 0.4) is 0 Å². The van der Waals surface area contributed by atoms with Crippen LogP contribution in [0.1, 0.15) is 57.1 Å². The molecule has 2 aromatic rings. The zero-order valence-electron chi connectivity index (χ0n) is 22.3. The van der Waals surface area contributed by atoms with Crippen molar-refractivity contribution in [2.75, 3.05) is 24.2 Å². The molecule has 1 atom stereocenters. The molecular weight excluding hydrogens is 490 g/mol. The first kappa shape index (κ1) is 28.5. The molecule has 0 bridgehead atoms. The van der Waals surface area contributed by atoms with Gasteiger partial charge in [0.1, 0.15) is 18.3 Å². The highest BCUT2D eigenvalue weighted by atomic mass is 32.2. The van der Waals surface area contributed by atoms with E-state index in [0.717, 1.165) is 53.8 Å². The standard InChI is InChI=1S/C28H39N3O5S/c1-5-22-11-15-25(16-12-22)31(37(4,34)35)20-27(32)30(19-23-13-17-26(36-3)18-14-23)21(2)28(33)29-24-9-7-6-8-10-24/h11-18,21,24H,5-10,19-20H2,1-4H3,(H,29,33). The summed E-state index contributed by atoms with van der Waals surface area (Å²) >= 11 is 0. The molecule has 9 heteroatoms. The lowest BCUT2D eigenvalue weighted by Gasteiger charge is -2.33. The number of nitrogens with one attached hydrogen (secondary N) is 1. The summed E-state index contributed by atoms with van der Waals surface area (Å²) in [4.78, 5) is 28.3. The van der Waals surface area contributed by atoms with E-state index in [4.69, 9.17) is 4.74 Å². The van der Waals surface area contributed by atoms with E-state index < -0.39 is 28.5 Å². The van der Waals surface area contributed by atoms with E-state index in [2.05, 4.69) is 5.32 Å². The fraction of sp³-hybridized carbons (Fsp3) is 0.500. The van der Waals surface area contributed by atoms with Gasteiger partial charge in [0.05, 0.1) is 19.1 Å². The van der Waals surface area contributed by atoms with Crippen molar-refractivity contribution in [3.8, 4) is 5.75 Å². The van der Waals surface area contributed by atoms with Crippen LogP contribution < -0.4 is 14.4 Å². The molecular formula is C28H39N3O5S. The van der Waals surface area contributed by atoms with Gasteiger partial charge in [0.25, 0.3) is 0 Å². The Morgan fingerprint density at radius 3 is 2.14 bits per heavy atom. The normalized spacial score (nSPS) is 15.0. The van der Waals surface area contributed by atoms with Crippen LogP contribution in [0.5, 0.6) is 5.75 Å². The Labute approximate surface area is 221 Å². The van der Waals surface area contributed by atoms with E-state index in [9.17, 15) is 18.0 Å². The number of hydrogen-bond donors (Lipinski definition) is 1. The van der Waals surface area contributed by atoms with E-state index >= 15 is 0 Å². The topological polar surface area (TPSA) is 96.0 Å². The Balaban J connectivity index is 1.86. The molecule has 0 spiro atoms. The van der Waals surface area contributed by atoms with Crippen LogP contribution >= 0.6 is 0 Å². The first-order valence-corrected chi connectivity index (χ1v) is 14.8. The van der Waals surface area contributed by atoms with Crippen LogP contribution in [0.25, 0.3) is 0 Å². The number of hydrogen-bond acceptors (Lipinski definition) is 5. The van der Waals surface area contributed by atoms with Crippen LogP contribution in [0.15, 0.2) is 48.5 Å². The van der Waals surface area contributed by atoms with E-state index in [1.54, 1.807) is 38.3 Å². The summed E-state index contributed by atoms with van der Waals surface area (Å²) in [5.41, 5.74) is 2.29. The molecule has 202 valence electrons. The average molecular weight is 530 g/mol. The van der Waals surface area contributed by atoms with Crippen molar-refractivity contribution in [1.29, 1.82) is 0 Å². The minimum absolute atomic E-state index is 0.103. The molecule has 1 aliphatic carbocycles. The summed E-state index contributed by atoms with van der Waals surface area (Å²) in [6.45, 7) is 3.47. The van der Waals surface area contributed by atoms with Gasteiger partial charge < -0.3 is 15.0 Å². The van der Waals surface area contributed by atoms with Gasteiger partial charge in [0.2, 0.25) is 21.8 Å². The first-order chi connectivity index (χ1) is 17.6. The first-order valence-electron chi connectivity index (χ1n) is 12.9. The van der Waals surface area contributed by atoms with Gasteiger partial charge in [-0.25, -0.2) is 8.42 Å². The van der Waals surface area contributed by atoms with E-state index in [1.165, 1.54) is 11.3 Å². The quantitative estimate of drug-likeness (QED) is 0.477. The van der Waals surface area contributed by atoms with Crippen molar-refractivity contribution in [3.63, 3.8) is 0 Å². The molecule has 0 aliphatic heterocycles.